The van der Waals surface area contributed by atoms with Crippen molar-refractivity contribution in [3.05, 3.63) is 121 Å². The van der Waals surface area contributed by atoms with E-state index in [0.29, 0.717) is 5.41 Å². The van der Waals surface area contributed by atoms with Crippen LogP contribution in [0, 0.1) is 17.3 Å². The molecule has 0 aliphatic heterocycles. The fraction of sp³-hybridized carbons (Fsp3) is 0.250. The second kappa shape index (κ2) is 10.6. The summed E-state index contributed by atoms with van der Waals surface area (Å²) >= 11 is 0. The summed E-state index contributed by atoms with van der Waals surface area (Å²) < 4.78 is 0. The average molecular weight is 481 g/mol. The van der Waals surface area contributed by atoms with Crippen molar-refractivity contribution in [3.63, 3.8) is 0 Å². The molecule has 0 unspecified atom stereocenters. The Morgan fingerprint density at radius 2 is 0.853 bits per heavy atom. The molecule has 5 rings (SSSR count). The van der Waals surface area contributed by atoms with Crippen LogP contribution in [0.1, 0.15) is 20.3 Å². The average Bonchev–Trinajstić information content (AvgIpc) is 2.89. The van der Waals surface area contributed by atoms with Gasteiger partial charge in [0.1, 0.15) is 0 Å². The van der Waals surface area contributed by atoms with Crippen LogP contribution in [0.2, 0.25) is 0 Å². The smallest absolute Gasteiger partial charge is 0.0195 e. The normalized spacial score (nSPS) is 19.2. The highest BCUT2D eigenvalue weighted by Crippen LogP contribution is 2.58. The topological polar surface area (TPSA) is 0 Å². The lowest BCUT2D eigenvalue weighted by Crippen LogP contribution is -2.48. The summed E-state index contributed by atoms with van der Waals surface area (Å²) in [5, 5.41) is 6.05. The highest BCUT2D eigenvalue weighted by molar-refractivity contribution is 7.73. The van der Waals surface area contributed by atoms with Gasteiger partial charge in [-0.15, -0.1) is 0 Å². The second-order valence-electron chi connectivity index (χ2n) is 10.1. The van der Waals surface area contributed by atoms with Crippen molar-refractivity contribution in [2.45, 2.75) is 20.3 Å². The molecule has 0 bridgehead atoms. The zero-order valence-corrected chi connectivity index (χ0v) is 22.0. The SMILES string of the molecule is CC1(C)C[C@H](CP(c2ccccc2)c2ccccc2)[C@H]1CP(c1ccccc1)c1ccccc1. The maximum absolute atomic E-state index is 2.50. The molecule has 1 aliphatic rings. The van der Waals surface area contributed by atoms with Gasteiger partial charge in [-0.25, -0.2) is 0 Å². The van der Waals surface area contributed by atoms with Crippen LogP contribution in [0.15, 0.2) is 121 Å². The van der Waals surface area contributed by atoms with Crippen LogP contribution >= 0.6 is 15.8 Å². The highest BCUT2D eigenvalue weighted by atomic mass is 31.1. The lowest BCUT2D eigenvalue weighted by Gasteiger charge is -2.54. The molecule has 1 fully saturated rings. The van der Waals surface area contributed by atoms with Gasteiger partial charge in [-0.1, -0.05) is 135 Å². The molecule has 0 amide bonds. The van der Waals surface area contributed by atoms with Crippen LogP contribution in [0.4, 0.5) is 0 Å². The van der Waals surface area contributed by atoms with Gasteiger partial charge in [0.15, 0.2) is 0 Å². The standard InChI is InChI=1S/C32H34P2/c1-32(2)23-26(24-33(27-15-7-3-8-16-27)28-17-9-4-10-18-28)31(32)25-34(29-19-11-5-12-20-29)30-21-13-6-14-22-30/h3-22,26,31H,23-25H2,1-2H3/t26-,31-/m1/s1. The molecule has 172 valence electrons. The Balaban J connectivity index is 1.43. The molecule has 0 heterocycles. The fourth-order valence-corrected chi connectivity index (χ4v) is 11.2. The van der Waals surface area contributed by atoms with Gasteiger partial charge in [0, 0.05) is 0 Å². The first-order chi connectivity index (χ1) is 16.6. The first-order valence-electron chi connectivity index (χ1n) is 12.4. The summed E-state index contributed by atoms with van der Waals surface area (Å²) in [6.07, 6.45) is 3.92. The molecule has 0 N–H and O–H groups in total. The van der Waals surface area contributed by atoms with E-state index >= 15 is 0 Å². The van der Waals surface area contributed by atoms with Crippen molar-refractivity contribution in [1.82, 2.24) is 0 Å². The quantitative estimate of drug-likeness (QED) is 0.240. The number of hydrogen-bond donors (Lipinski definition) is 0. The van der Waals surface area contributed by atoms with Crippen molar-refractivity contribution in [1.29, 1.82) is 0 Å². The number of hydrogen-bond acceptors (Lipinski definition) is 0. The first-order valence-corrected chi connectivity index (χ1v) is 15.4. The molecule has 0 spiro atoms. The van der Waals surface area contributed by atoms with Crippen LogP contribution in [0.5, 0.6) is 0 Å². The van der Waals surface area contributed by atoms with E-state index in [1.165, 1.54) is 40.0 Å². The molecule has 0 saturated heterocycles. The van der Waals surface area contributed by atoms with Gasteiger partial charge in [-0.2, -0.15) is 0 Å². The first kappa shape index (κ1) is 23.5. The van der Waals surface area contributed by atoms with Gasteiger partial charge in [0.2, 0.25) is 0 Å². The lowest BCUT2D eigenvalue weighted by atomic mass is 9.57. The minimum absolute atomic E-state index is 0.339. The molecule has 2 heteroatoms. The van der Waals surface area contributed by atoms with E-state index in [9.17, 15) is 0 Å². The van der Waals surface area contributed by atoms with E-state index in [1.807, 2.05) is 0 Å². The minimum atomic E-state index is -0.356. The van der Waals surface area contributed by atoms with Crippen molar-refractivity contribution in [2.24, 2.45) is 17.3 Å². The summed E-state index contributed by atoms with van der Waals surface area (Å²) in [5.41, 5.74) is 0.406. The molecule has 0 radical (unpaired) electrons. The van der Waals surface area contributed by atoms with E-state index in [2.05, 4.69) is 135 Å². The van der Waals surface area contributed by atoms with Gasteiger partial charge >= 0.3 is 0 Å². The Morgan fingerprint density at radius 3 is 1.18 bits per heavy atom. The van der Waals surface area contributed by atoms with Crippen LogP contribution in [-0.2, 0) is 0 Å². The Bertz CT molecular complexity index is 1080. The third-order valence-electron chi connectivity index (χ3n) is 7.43. The monoisotopic (exact) mass is 480 g/mol. The molecule has 2 atom stereocenters. The molecular formula is C32H34P2. The molecule has 1 aliphatic carbocycles. The zero-order valence-electron chi connectivity index (χ0n) is 20.2. The Morgan fingerprint density at radius 1 is 0.529 bits per heavy atom. The predicted octanol–water partition coefficient (Wildman–Crippen LogP) is 6.91. The minimum Gasteiger partial charge on any atom is -0.0622 e. The highest BCUT2D eigenvalue weighted by Gasteiger charge is 2.48. The maximum Gasteiger partial charge on any atom is -0.0195 e. The maximum atomic E-state index is 2.50. The van der Waals surface area contributed by atoms with E-state index in [4.69, 9.17) is 0 Å². The molecule has 4 aromatic carbocycles. The summed E-state index contributed by atoms with van der Waals surface area (Å²) in [4.78, 5) is 0. The van der Waals surface area contributed by atoms with E-state index in [0.717, 1.165) is 11.8 Å². The number of benzene rings is 4. The summed E-state index contributed by atoms with van der Waals surface area (Å²) in [7, 11) is -0.695. The second-order valence-corrected chi connectivity index (χ2v) is 14.6. The van der Waals surface area contributed by atoms with Crippen LogP contribution in [-0.4, -0.2) is 12.3 Å². The molecule has 0 aromatic heterocycles. The summed E-state index contributed by atoms with van der Waals surface area (Å²) in [6.45, 7) is 5.01. The van der Waals surface area contributed by atoms with E-state index in [-0.39, 0.29) is 15.8 Å². The van der Waals surface area contributed by atoms with Crippen LogP contribution in [0.25, 0.3) is 0 Å². The summed E-state index contributed by atoms with van der Waals surface area (Å²) in [5.74, 6) is 1.52. The van der Waals surface area contributed by atoms with E-state index in [1.54, 1.807) is 0 Å². The zero-order chi connectivity index (χ0) is 23.4. The van der Waals surface area contributed by atoms with Crippen molar-refractivity contribution in [3.8, 4) is 0 Å². The van der Waals surface area contributed by atoms with Gasteiger partial charge < -0.3 is 0 Å². The third kappa shape index (κ3) is 5.20. The molecular weight excluding hydrogens is 446 g/mol. The van der Waals surface area contributed by atoms with Gasteiger partial charge in [0.25, 0.3) is 0 Å². The van der Waals surface area contributed by atoms with Crippen molar-refractivity contribution >= 4 is 37.1 Å². The van der Waals surface area contributed by atoms with Crippen molar-refractivity contribution < 1.29 is 0 Å². The number of rotatable bonds is 8. The van der Waals surface area contributed by atoms with Gasteiger partial charge in [-0.05, 0) is 73.1 Å². The Kier molecular flexibility index (Phi) is 7.29. The molecule has 1 saturated carbocycles. The van der Waals surface area contributed by atoms with E-state index < -0.39 is 0 Å². The molecule has 0 nitrogen and oxygen atoms in total. The Labute approximate surface area is 208 Å². The van der Waals surface area contributed by atoms with Crippen LogP contribution in [0.3, 0.4) is 0 Å². The summed E-state index contributed by atoms with van der Waals surface area (Å²) in [6, 6.07) is 45.0. The van der Waals surface area contributed by atoms with Crippen molar-refractivity contribution in [2.75, 3.05) is 12.3 Å². The van der Waals surface area contributed by atoms with Gasteiger partial charge in [0.05, 0.1) is 0 Å². The largest absolute Gasteiger partial charge is 0.0622 e. The fourth-order valence-electron chi connectivity index (χ4n) is 5.62. The molecule has 4 aromatic rings. The third-order valence-corrected chi connectivity index (χ3v) is 12.7. The molecule has 34 heavy (non-hydrogen) atoms. The van der Waals surface area contributed by atoms with Crippen LogP contribution < -0.4 is 21.2 Å². The predicted molar refractivity (Wildman–Crippen MR) is 153 cm³/mol. The lowest BCUT2D eigenvalue weighted by molar-refractivity contribution is 0.0210. The Hall–Kier alpha value is -2.26. The van der Waals surface area contributed by atoms with Gasteiger partial charge in [-0.3, -0.25) is 0 Å².